The van der Waals surface area contributed by atoms with Crippen LogP contribution in [-0.2, 0) is 0 Å². The van der Waals surface area contributed by atoms with Crippen LogP contribution in [0.1, 0.15) is 36.5 Å². The first-order valence-corrected chi connectivity index (χ1v) is 6.81. The number of aliphatic hydroxyl groups is 1. The third-order valence-corrected chi connectivity index (χ3v) is 3.37. The van der Waals surface area contributed by atoms with E-state index in [-0.39, 0.29) is 29.0 Å². The van der Waals surface area contributed by atoms with Crippen LogP contribution in [0.4, 0.5) is 4.39 Å². The third-order valence-electron chi connectivity index (χ3n) is 2.98. The van der Waals surface area contributed by atoms with Gasteiger partial charge in [-0.3, -0.25) is 4.79 Å². The average molecular weight is 288 g/mol. The van der Waals surface area contributed by atoms with E-state index in [2.05, 4.69) is 12.2 Å². The number of amides is 1. The van der Waals surface area contributed by atoms with E-state index >= 15 is 0 Å². The summed E-state index contributed by atoms with van der Waals surface area (Å²) in [7, 11) is 0. The average Bonchev–Trinajstić information content (AvgIpc) is 2.39. The van der Waals surface area contributed by atoms with Gasteiger partial charge in [-0.25, -0.2) is 4.39 Å². The number of hydrogen-bond donors (Lipinski definition) is 2. The van der Waals surface area contributed by atoms with Crippen LogP contribution in [0.2, 0.25) is 5.02 Å². The summed E-state index contributed by atoms with van der Waals surface area (Å²) >= 11 is 5.75. The standard InChI is InChI=1S/C14H19ClFNO2/c1-2-4-10(7-8-18)9-17-14(19)11-5-3-6-12(16)13(11)15/h3,5-6,10,18H,2,4,7-9H2,1H3,(H,17,19). The van der Waals surface area contributed by atoms with E-state index in [0.717, 1.165) is 12.8 Å². The fraction of sp³-hybridized carbons (Fsp3) is 0.500. The molecule has 0 spiro atoms. The van der Waals surface area contributed by atoms with Crippen molar-refractivity contribution >= 4 is 17.5 Å². The lowest BCUT2D eigenvalue weighted by molar-refractivity contribution is 0.0942. The first-order chi connectivity index (χ1) is 9.10. The van der Waals surface area contributed by atoms with Gasteiger partial charge in [-0.05, 0) is 30.9 Å². The summed E-state index contributed by atoms with van der Waals surface area (Å²) in [6.45, 7) is 2.61. The van der Waals surface area contributed by atoms with E-state index < -0.39 is 5.82 Å². The molecule has 1 aromatic rings. The molecule has 0 aliphatic carbocycles. The highest BCUT2D eigenvalue weighted by Crippen LogP contribution is 2.19. The number of nitrogens with one attached hydrogen (secondary N) is 1. The highest BCUT2D eigenvalue weighted by Gasteiger charge is 2.15. The van der Waals surface area contributed by atoms with E-state index in [4.69, 9.17) is 16.7 Å². The highest BCUT2D eigenvalue weighted by atomic mass is 35.5. The van der Waals surface area contributed by atoms with Crippen molar-refractivity contribution in [3.8, 4) is 0 Å². The van der Waals surface area contributed by atoms with Crippen LogP contribution in [0.15, 0.2) is 18.2 Å². The van der Waals surface area contributed by atoms with Crippen molar-refractivity contribution in [2.24, 2.45) is 5.92 Å². The number of benzene rings is 1. The van der Waals surface area contributed by atoms with Crippen molar-refractivity contribution < 1.29 is 14.3 Å². The Balaban J connectivity index is 2.61. The lowest BCUT2D eigenvalue weighted by atomic mass is 10.00. The van der Waals surface area contributed by atoms with Crippen molar-refractivity contribution in [1.82, 2.24) is 5.32 Å². The Hall–Kier alpha value is -1.13. The zero-order valence-corrected chi connectivity index (χ0v) is 11.7. The van der Waals surface area contributed by atoms with Crippen LogP contribution < -0.4 is 5.32 Å². The maximum atomic E-state index is 13.2. The zero-order valence-electron chi connectivity index (χ0n) is 11.0. The van der Waals surface area contributed by atoms with Gasteiger partial charge in [0.2, 0.25) is 0 Å². The van der Waals surface area contributed by atoms with E-state index in [1.54, 1.807) is 0 Å². The quantitative estimate of drug-likeness (QED) is 0.810. The fourth-order valence-corrected chi connectivity index (χ4v) is 2.16. The maximum absolute atomic E-state index is 13.2. The number of carbonyl (C=O) groups excluding carboxylic acids is 1. The van der Waals surface area contributed by atoms with Crippen molar-refractivity contribution in [2.45, 2.75) is 26.2 Å². The summed E-state index contributed by atoms with van der Waals surface area (Å²) in [5.41, 5.74) is 0.140. The molecule has 0 bridgehead atoms. The van der Waals surface area contributed by atoms with Gasteiger partial charge in [0, 0.05) is 13.2 Å². The third kappa shape index (κ3) is 4.80. The molecule has 0 aliphatic rings. The van der Waals surface area contributed by atoms with Crippen LogP contribution in [0.3, 0.4) is 0 Å². The Morgan fingerprint density at radius 3 is 2.84 bits per heavy atom. The minimum atomic E-state index is -0.602. The van der Waals surface area contributed by atoms with Gasteiger partial charge >= 0.3 is 0 Å². The molecule has 0 aliphatic heterocycles. The smallest absolute Gasteiger partial charge is 0.252 e. The molecule has 106 valence electrons. The lowest BCUT2D eigenvalue weighted by Crippen LogP contribution is -2.30. The summed E-state index contributed by atoms with van der Waals surface area (Å²) in [6.07, 6.45) is 2.56. The monoisotopic (exact) mass is 287 g/mol. The summed E-state index contributed by atoms with van der Waals surface area (Å²) < 4.78 is 13.2. The molecule has 0 radical (unpaired) electrons. The van der Waals surface area contributed by atoms with Crippen molar-refractivity contribution in [2.75, 3.05) is 13.2 Å². The van der Waals surface area contributed by atoms with E-state index in [1.807, 2.05) is 0 Å². The predicted molar refractivity (Wildman–Crippen MR) is 73.8 cm³/mol. The number of hydrogen-bond acceptors (Lipinski definition) is 2. The Kier molecular flexibility index (Phi) is 6.81. The zero-order chi connectivity index (χ0) is 14.3. The number of carbonyl (C=O) groups is 1. The van der Waals surface area contributed by atoms with Gasteiger partial charge in [-0.15, -0.1) is 0 Å². The van der Waals surface area contributed by atoms with Crippen molar-refractivity contribution in [3.05, 3.63) is 34.6 Å². The van der Waals surface area contributed by atoms with Crippen LogP contribution in [-0.4, -0.2) is 24.2 Å². The molecule has 2 N–H and O–H groups in total. The summed E-state index contributed by atoms with van der Waals surface area (Å²) in [4.78, 5) is 11.9. The molecule has 0 aromatic heterocycles. The maximum Gasteiger partial charge on any atom is 0.252 e. The minimum Gasteiger partial charge on any atom is -0.396 e. The summed E-state index contributed by atoms with van der Waals surface area (Å²) in [6, 6.07) is 4.15. The highest BCUT2D eigenvalue weighted by molar-refractivity contribution is 6.34. The molecule has 0 heterocycles. The number of aliphatic hydroxyl groups excluding tert-OH is 1. The van der Waals surface area contributed by atoms with Crippen LogP contribution in [0.25, 0.3) is 0 Å². The number of rotatable bonds is 7. The van der Waals surface area contributed by atoms with Gasteiger partial charge in [0.05, 0.1) is 10.6 Å². The van der Waals surface area contributed by atoms with Crippen LogP contribution >= 0.6 is 11.6 Å². The Labute approximate surface area is 117 Å². The molecule has 1 aromatic carbocycles. The Bertz CT molecular complexity index is 420. The topological polar surface area (TPSA) is 49.3 Å². The molecule has 1 unspecified atom stereocenters. The molecule has 19 heavy (non-hydrogen) atoms. The molecule has 0 saturated heterocycles. The molecule has 1 atom stereocenters. The van der Waals surface area contributed by atoms with Gasteiger partial charge < -0.3 is 10.4 Å². The van der Waals surface area contributed by atoms with E-state index in [1.165, 1.54) is 18.2 Å². The SMILES string of the molecule is CCCC(CCO)CNC(=O)c1cccc(F)c1Cl. The molecule has 1 amide bonds. The summed E-state index contributed by atoms with van der Waals surface area (Å²) in [5.74, 6) is -0.760. The van der Waals surface area contributed by atoms with E-state index in [9.17, 15) is 9.18 Å². The second-order valence-corrected chi connectivity index (χ2v) is 4.86. The normalized spacial score (nSPS) is 12.2. The Morgan fingerprint density at radius 1 is 1.47 bits per heavy atom. The molecule has 0 fully saturated rings. The van der Waals surface area contributed by atoms with Crippen LogP contribution in [0.5, 0.6) is 0 Å². The van der Waals surface area contributed by atoms with Gasteiger partial charge in [0.25, 0.3) is 5.91 Å². The van der Waals surface area contributed by atoms with Gasteiger partial charge in [0.1, 0.15) is 5.82 Å². The molecule has 5 heteroatoms. The van der Waals surface area contributed by atoms with Crippen molar-refractivity contribution in [3.63, 3.8) is 0 Å². The first-order valence-electron chi connectivity index (χ1n) is 6.43. The molecule has 0 saturated carbocycles. The van der Waals surface area contributed by atoms with Crippen LogP contribution in [0, 0.1) is 11.7 Å². The van der Waals surface area contributed by atoms with Gasteiger partial charge in [-0.1, -0.05) is 31.0 Å². The second-order valence-electron chi connectivity index (χ2n) is 4.48. The lowest BCUT2D eigenvalue weighted by Gasteiger charge is -2.16. The Morgan fingerprint density at radius 2 is 2.21 bits per heavy atom. The fourth-order valence-electron chi connectivity index (χ4n) is 1.95. The predicted octanol–water partition coefficient (Wildman–Crippen LogP) is 3.01. The van der Waals surface area contributed by atoms with E-state index in [0.29, 0.717) is 13.0 Å². The molecule has 1 rings (SSSR count). The summed E-state index contributed by atoms with van der Waals surface area (Å²) in [5, 5.41) is 11.5. The van der Waals surface area contributed by atoms with Gasteiger partial charge in [0.15, 0.2) is 0 Å². The molecular weight excluding hydrogens is 269 g/mol. The second kappa shape index (κ2) is 8.12. The number of halogens is 2. The molecular formula is C14H19ClFNO2. The molecule has 3 nitrogen and oxygen atoms in total. The minimum absolute atomic E-state index is 0.0985. The largest absolute Gasteiger partial charge is 0.396 e. The van der Waals surface area contributed by atoms with Crippen molar-refractivity contribution in [1.29, 1.82) is 0 Å². The first kappa shape index (κ1) is 15.9. The van der Waals surface area contributed by atoms with Gasteiger partial charge in [-0.2, -0.15) is 0 Å².